The first kappa shape index (κ1) is 33.0. The number of allylic oxidation sites excluding steroid dienone is 2. The van der Waals surface area contributed by atoms with Crippen LogP contribution in [0.1, 0.15) is 50.3 Å². The Morgan fingerprint density at radius 1 is 1.20 bits per heavy atom. The number of halogens is 2. The SMILES string of the molecule is CC1=CC(Cl)C(OCCOc2ccc(CC(CN)C(=O)N(Cc3cc(C(C)(C)C#N)cc4cccnc34)C3CC3)cc2)C(Cl)=C1. The van der Waals surface area contributed by atoms with E-state index in [4.69, 9.17) is 38.4 Å². The van der Waals surface area contributed by atoms with Gasteiger partial charge in [-0.15, -0.1) is 11.6 Å². The third-order valence-corrected chi connectivity index (χ3v) is 9.11. The van der Waals surface area contributed by atoms with Gasteiger partial charge in [0.25, 0.3) is 0 Å². The largest absolute Gasteiger partial charge is 0.491 e. The molecule has 3 atom stereocenters. The average molecular weight is 648 g/mol. The van der Waals surface area contributed by atoms with Gasteiger partial charge in [0.1, 0.15) is 18.5 Å². The van der Waals surface area contributed by atoms with Crippen LogP contribution in [0.3, 0.4) is 0 Å². The van der Waals surface area contributed by atoms with Crippen LogP contribution in [0.5, 0.6) is 5.75 Å². The second-order valence-corrected chi connectivity index (χ2v) is 13.4. The highest BCUT2D eigenvalue weighted by molar-refractivity contribution is 6.32. The van der Waals surface area contributed by atoms with Crippen molar-refractivity contribution in [1.82, 2.24) is 9.88 Å². The molecule has 45 heavy (non-hydrogen) atoms. The van der Waals surface area contributed by atoms with Crippen LogP contribution >= 0.6 is 23.2 Å². The van der Waals surface area contributed by atoms with Crippen molar-refractivity contribution in [3.8, 4) is 11.8 Å². The maximum atomic E-state index is 14.0. The van der Waals surface area contributed by atoms with Crippen LogP contribution in [-0.2, 0) is 27.9 Å². The molecule has 9 heteroatoms. The Balaban J connectivity index is 1.22. The van der Waals surface area contributed by atoms with Crippen molar-refractivity contribution in [3.63, 3.8) is 0 Å². The number of hydrogen-bond acceptors (Lipinski definition) is 6. The van der Waals surface area contributed by atoms with Gasteiger partial charge >= 0.3 is 0 Å². The van der Waals surface area contributed by atoms with Gasteiger partial charge in [-0.1, -0.05) is 47.5 Å². The number of pyridine rings is 1. The minimum Gasteiger partial charge on any atom is -0.491 e. The average Bonchev–Trinajstić information content (AvgIpc) is 3.87. The number of rotatable bonds is 13. The van der Waals surface area contributed by atoms with Gasteiger partial charge in [0.15, 0.2) is 0 Å². The summed E-state index contributed by atoms with van der Waals surface area (Å²) in [5, 5.41) is 11.0. The summed E-state index contributed by atoms with van der Waals surface area (Å²) in [5.41, 5.74) is 10.3. The lowest BCUT2D eigenvalue weighted by Crippen LogP contribution is -2.41. The number of alkyl halides is 1. The molecule has 1 aromatic heterocycles. The Labute approximate surface area is 275 Å². The van der Waals surface area contributed by atoms with E-state index in [9.17, 15) is 10.1 Å². The maximum absolute atomic E-state index is 14.0. The van der Waals surface area contributed by atoms with E-state index in [-0.39, 0.29) is 35.9 Å². The smallest absolute Gasteiger partial charge is 0.227 e. The van der Waals surface area contributed by atoms with Gasteiger partial charge in [-0.25, -0.2) is 0 Å². The molecule has 0 radical (unpaired) electrons. The van der Waals surface area contributed by atoms with Crippen LogP contribution in [0.15, 0.2) is 77.5 Å². The van der Waals surface area contributed by atoms with Crippen LogP contribution in [0.25, 0.3) is 10.9 Å². The number of carbonyl (C=O) groups excluding carboxylic acids is 1. The number of nitrogens with zero attached hydrogens (tertiary/aromatic N) is 3. The predicted molar refractivity (Wildman–Crippen MR) is 179 cm³/mol. The fourth-order valence-electron chi connectivity index (χ4n) is 5.63. The standard InChI is InChI=1S/C36H40Cl2N4O3/c1-23-15-31(37)34(32(38)16-23)45-14-13-44-30-10-6-24(7-11-30)17-26(20-39)35(43)42(29-8-9-29)21-27-19-28(36(2,3)22-40)18-25-5-4-12-41-33(25)27/h4-7,10-12,15-16,18-19,26,29,31,34H,8-9,13-14,17,20-21,39H2,1-3H3. The normalized spacial score (nSPS) is 19.0. The summed E-state index contributed by atoms with van der Waals surface area (Å²) in [7, 11) is 0. The predicted octanol–water partition coefficient (Wildman–Crippen LogP) is 6.80. The zero-order valence-electron chi connectivity index (χ0n) is 26.0. The highest BCUT2D eigenvalue weighted by Gasteiger charge is 2.36. The van der Waals surface area contributed by atoms with Crippen molar-refractivity contribution in [2.24, 2.45) is 11.7 Å². The monoisotopic (exact) mass is 646 g/mol. The summed E-state index contributed by atoms with van der Waals surface area (Å²) in [6.07, 6.45) is 7.64. The van der Waals surface area contributed by atoms with E-state index in [1.54, 1.807) is 6.20 Å². The molecule has 1 amide bonds. The number of aromatic nitrogens is 1. The lowest BCUT2D eigenvalue weighted by Gasteiger charge is -2.28. The topological polar surface area (TPSA) is 101 Å². The molecule has 7 nitrogen and oxygen atoms in total. The van der Waals surface area contributed by atoms with E-state index < -0.39 is 5.41 Å². The van der Waals surface area contributed by atoms with E-state index in [2.05, 4.69) is 11.1 Å². The molecule has 2 aliphatic carbocycles. The van der Waals surface area contributed by atoms with Crippen molar-refractivity contribution in [1.29, 1.82) is 5.26 Å². The number of hydrogen-bond donors (Lipinski definition) is 1. The summed E-state index contributed by atoms with van der Waals surface area (Å²) in [4.78, 5) is 20.6. The molecule has 0 bridgehead atoms. The summed E-state index contributed by atoms with van der Waals surface area (Å²) in [6, 6.07) is 18.3. The van der Waals surface area contributed by atoms with Crippen molar-refractivity contribution in [3.05, 3.63) is 94.2 Å². The van der Waals surface area contributed by atoms with Gasteiger partial charge in [-0.3, -0.25) is 9.78 Å². The van der Waals surface area contributed by atoms with Crippen LogP contribution in [0.2, 0.25) is 0 Å². The number of amides is 1. The fraction of sp³-hybridized carbons (Fsp3) is 0.417. The van der Waals surface area contributed by atoms with Crippen molar-refractivity contribution >= 4 is 40.0 Å². The minimum absolute atomic E-state index is 0.0459. The van der Waals surface area contributed by atoms with Crippen molar-refractivity contribution in [2.45, 2.75) is 69.5 Å². The molecule has 2 aromatic carbocycles. The van der Waals surface area contributed by atoms with Gasteiger partial charge in [0.05, 0.1) is 34.9 Å². The molecule has 0 spiro atoms. The molecular weight excluding hydrogens is 607 g/mol. The zero-order valence-corrected chi connectivity index (χ0v) is 27.5. The molecular formula is C36H40Cl2N4O3. The number of carbonyl (C=O) groups is 1. The third-order valence-electron chi connectivity index (χ3n) is 8.43. The Morgan fingerprint density at radius 2 is 1.96 bits per heavy atom. The van der Waals surface area contributed by atoms with Crippen molar-refractivity contribution < 1.29 is 14.3 Å². The van der Waals surface area contributed by atoms with Crippen LogP contribution < -0.4 is 10.5 Å². The van der Waals surface area contributed by atoms with Gasteiger partial charge < -0.3 is 20.1 Å². The molecule has 5 rings (SSSR count). The molecule has 3 unspecified atom stereocenters. The Hall–Kier alpha value is -3.41. The molecule has 236 valence electrons. The van der Waals surface area contributed by atoms with E-state index in [1.807, 2.05) is 86.4 Å². The van der Waals surface area contributed by atoms with Gasteiger partial charge in [0, 0.05) is 35.7 Å². The minimum atomic E-state index is -0.666. The quantitative estimate of drug-likeness (QED) is 0.162. The Morgan fingerprint density at radius 3 is 2.62 bits per heavy atom. The molecule has 1 fully saturated rings. The van der Waals surface area contributed by atoms with Crippen LogP contribution in [-0.4, -0.2) is 53.1 Å². The lowest BCUT2D eigenvalue weighted by atomic mass is 9.84. The maximum Gasteiger partial charge on any atom is 0.227 e. The molecule has 0 aliphatic heterocycles. The Bertz CT molecular complexity index is 1630. The number of nitrogens with two attached hydrogens (primary N) is 1. The number of nitriles is 1. The number of benzene rings is 2. The molecule has 3 aromatic rings. The second kappa shape index (κ2) is 14.3. The molecule has 1 saturated carbocycles. The van der Waals surface area contributed by atoms with E-state index in [1.165, 1.54) is 0 Å². The summed E-state index contributed by atoms with van der Waals surface area (Å²) < 4.78 is 11.7. The van der Waals surface area contributed by atoms with Crippen LogP contribution in [0, 0.1) is 17.2 Å². The van der Waals surface area contributed by atoms with E-state index in [0.717, 1.165) is 46.0 Å². The van der Waals surface area contributed by atoms with Crippen molar-refractivity contribution in [2.75, 3.05) is 19.8 Å². The van der Waals surface area contributed by atoms with E-state index in [0.29, 0.717) is 37.0 Å². The molecule has 0 saturated heterocycles. The van der Waals surface area contributed by atoms with Gasteiger partial charge in [0.2, 0.25) is 5.91 Å². The highest BCUT2D eigenvalue weighted by Crippen LogP contribution is 2.34. The first-order valence-electron chi connectivity index (χ1n) is 15.4. The second-order valence-electron chi connectivity index (χ2n) is 12.4. The summed E-state index contributed by atoms with van der Waals surface area (Å²) in [6.45, 7) is 7.14. The van der Waals surface area contributed by atoms with E-state index >= 15 is 0 Å². The number of ether oxygens (including phenoxy) is 2. The summed E-state index contributed by atoms with van der Waals surface area (Å²) >= 11 is 12.7. The van der Waals surface area contributed by atoms with Gasteiger partial charge in [-0.2, -0.15) is 5.26 Å². The van der Waals surface area contributed by atoms with Gasteiger partial charge in [-0.05, 0) is 87.1 Å². The Kier molecular flexibility index (Phi) is 10.5. The molecule has 1 heterocycles. The summed E-state index contributed by atoms with van der Waals surface area (Å²) in [5.74, 6) is 0.392. The third kappa shape index (κ3) is 8.06. The van der Waals surface area contributed by atoms with Crippen LogP contribution in [0.4, 0.5) is 0 Å². The molecule has 2 N–H and O–H groups in total. The zero-order chi connectivity index (χ0) is 32.1. The first-order valence-corrected chi connectivity index (χ1v) is 16.2. The molecule has 2 aliphatic rings. The first-order chi connectivity index (χ1) is 21.6. The lowest BCUT2D eigenvalue weighted by molar-refractivity contribution is -0.136. The highest BCUT2D eigenvalue weighted by atomic mass is 35.5. The fourth-order valence-corrected chi connectivity index (χ4v) is 6.47. The number of fused-ring (bicyclic) bond motifs is 1.